The average molecular weight is 487 g/mol. The van der Waals surface area contributed by atoms with Crippen molar-refractivity contribution < 1.29 is 31.9 Å². The van der Waals surface area contributed by atoms with E-state index in [4.69, 9.17) is 13.9 Å². The first kappa shape index (κ1) is 23.9. The Kier molecular flexibility index (Phi) is 6.74. The number of ether oxygens (including phenoxy) is 2. The van der Waals surface area contributed by atoms with E-state index in [0.717, 1.165) is 0 Å². The second kappa shape index (κ2) is 9.57. The number of carbonyl (C=O) groups excluding carboxylic acids is 2. The van der Waals surface area contributed by atoms with E-state index in [1.165, 1.54) is 28.6 Å². The minimum Gasteiger partial charge on any atom is -0.460 e. The summed E-state index contributed by atoms with van der Waals surface area (Å²) in [6.45, 7) is 6.01. The molecule has 2 atom stereocenters. The van der Waals surface area contributed by atoms with E-state index in [9.17, 15) is 18.0 Å². The summed E-state index contributed by atoms with van der Waals surface area (Å²) in [7, 11) is -3.73. The van der Waals surface area contributed by atoms with Gasteiger partial charge in [-0.15, -0.1) is 0 Å². The Hall–Kier alpha value is -3.21. The fourth-order valence-corrected chi connectivity index (χ4v) is 5.54. The molecule has 10 heteroatoms. The van der Waals surface area contributed by atoms with Crippen molar-refractivity contribution in [1.82, 2.24) is 4.31 Å². The van der Waals surface area contributed by atoms with E-state index in [2.05, 4.69) is 5.32 Å². The van der Waals surface area contributed by atoms with Crippen LogP contribution in [0.4, 0.5) is 5.69 Å². The highest BCUT2D eigenvalue weighted by molar-refractivity contribution is 7.89. The Balaban J connectivity index is 1.58. The van der Waals surface area contributed by atoms with Crippen LogP contribution in [0, 0.1) is 0 Å². The Morgan fingerprint density at radius 3 is 2.35 bits per heavy atom. The summed E-state index contributed by atoms with van der Waals surface area (Å²) in [4.78, 5) is 25.4. The molecule has 0 spiro atoms. The molecule has 0 aliphatic carbocycles. The lowest BCUT2D eigenvalue weighted by atomic mass is 10.2. The molecule has 1 saturated heterocycles. The highest BCUT2D eigenvalue weighted by Crippen LogP contribution is 2.32. The van der Waals surface area contributed by atoms with Crippen molar-refractivity contribution in [2.24, 2.45) is 0 Å². The van der Waals surface area contributed by atoms with Gasteiger partial charge in [0, 0.05) is 24.0 Å². The Morgan fingerprint density at radius 1 is 1.06 bits per heavy atom. The van der Waals surface area contributed by atoms with Crippen LogP contribution in [-0.2, 0) is 19.5 Å². The summed E-state index contributed by atoms with van der Waals surface area (Å²) in [5.74, 6) is -1.31. The quantitative estimate of drug-likeness (QED) is 0.529. The number of nitrogens with zero attached hydrogens (tertiary/aromatic N) is 1. The van der Waals surface area contributed by atoms with Crippen molar-refractivity contribution in [2.75, 3.05) is 25.0 Å². The SMILES string of the molecule is CCOC(=O)c1oc2ccccc2c1NC(=O)c1ccc(S(=O)(=O)N2C[C@@H](C)O[C@H](C)C2)cc1. The number of furan rings is 1. The molecule has 0 saturated carbocycles. The number of para-hydroxylation sites is 1. The number of rotatable bonds is 6. The Labute approximate surface area is 197 Å². The molecule has 0 bridgehead atoms. The summed E-state index contributed by atoms with van der Waals surface area (Å²) in [5, 5.41) is 3.26. The number of anilines is 1. The van der Waals surface area contributed by atoms with Crippen LogP contribution in [0.5, 0.6) is 0 Å². The lowest BCUT2D eigenvalue weighted by molar-refractivity contribution is -0.0440. The van der Waals surface area contributed by atoms with Gasteiger partial charge in [0.25, 0.3) is 5.91 Å². The molecular formula is C24H26N2O7S. The molecule has 1 fully saturated rings. The van der Waals surface area contributed by atoms with E-state index >= 15 is 0 Å². The van der Waals surface area contributed by atoms with E-state index in [0.29, 0.717) is 11.0 Å². The molecule has 34 heavy (non-hydrogen) atoms. The van der Waals surface area contributed by atoms with Crippen molar-refractivity contribution in [3.63, 3.8) is 0 Å². The first-order valence-corrected chi connectivity index (χ1v) is 12.4. The van der Waals surface area contributed by atoms with Gasteiger partial charge in [0.1, 0.15) is 11.3 Å². The van der Waals surface area contributed by atoms with Crippen LogP contribution >= 0.6 is 0 Å². The van der Waals surface area contributed by atoms with Gasteiger partial charge < -0.3 is 19.2 Å². The van der Waals surface area contributed by atoms with Crippen molar-refractivity contribution in [2.45, 2.75) is 37.9 Å². The zero-order valence-corrected chi connectivity index (χ0v) is 19.9. The van der Waals surface area contributed by atoms with Crippen LogP contribution in [-0.4, -0.2) is 56.5 Å². The number of carbonyl (C=O) groups is 2. The van der Waals surface area contributed by atoms with Gasteiger partial charge in [0.2, 0.25) is 15.8 Å². The van der Waals surface area contributed by atoms with Crippen LogP contribution in [0.2, 0.25) is 0 Å². The van der Waals surface area contributed by atoms with Gasteiger partial charge in [-0.1, -0.05) is 12.1 Å². The summed E-state index contributed by atoms with van der Waals surface area (Å²) in [6, 6.07) is 12.6. The monoisotopic (exact) mass is 486 g/mol. The van der Waals surface area contributed by atoms with Crippen LogP contribution in [0.15, 0.2) is 57.8 Å². The van der Waals surface area contributed by atoms with Crippen molar-refractivity contribution in [1.29, 1.82) is 0 Å². The highest BCUT2D eigenvalue weighted by atomic mass is 32.2. The third-order valence-electron chi connectivity index (χ3n) is 5.44. The fourth-order valence-electron chi connectivity index (χ4n) is 3.95. The first-order chi connectivity index (χ1) is 16.2. The number of esters is 1. The van der Waals surface area contributed by atoms with Crippen LogP contribution in [0.3, 0.4) is 0 Å². The number of benzene rings is 2. The number of hydrogen-bond acceptors (Lipinski definition) is 7. The predicted molar refractivity (Wildman–Crippen MR) is 125 cm³/mol. The fraction of sp³-hybridized carbons (Fsp3) is 0.333. The minimum absolute atomic E-state index is 0.0892. The molecule has 3 aromatic rings. The number of hydrogen-bond donors (Lipinski definition) is 1. The second-order valence-electron chi connectivity index (χ2n) is 8.08. The average Bonchev–Trinajstić information content (AvgIpc) is 3.17. The molecule has 1 aromatic heterocycles. The van der Waals surface area contributed by atoms with Crippen LogP contribution in [0.1, 0.15) is 41.7 Å². The van der Waals surface area contributed by atoms with E-state index in [1.807, 2.05) is 13.8 Å². The maximum atomic E-state index is 13.0. The normalized spacial score (nSPS) is 19.1. The molecule has 180 valence electrons. The predicted octanol–water partition coefficient (Wildman–Crippen LogP) is 3.66. The van der Waals surface area contributed by atoms with Crippen molar-refractivity contribution in [3.05, 3.63) is 59.9 Å². The highest BCUT2D eigenvalue weighted by Gasteiger charge is 2.32. The molecule has 1 aliphatic heterocycles. The molecule has 4 rings (SSSR count). The van der Waals surface area contributed by atoms with Crippen molar-refractivity contribution >= 4 is 38.6 Å². The number of sulfonamides is 1. The van der Waals surface area contributed by atoms with E-state index < -0.39 is 21.9 Å². The Morgan fingerprint density at radius 2 is 1.71 bits per heavy atom. The van der Waals surface area contributed by atoms with Crippen molar-refractivity contribution in [3.8, 4) is 0 Å². The first-order valence-electron chi connectivity index (χ1n) is 11.0. The molecule has 1 N–H and O–H groups in total. The molecule has 0 unspecified atom stereocenters. The van der Waals surface area contributed by atoms with Crippen LogP contribution < -0.4 is 5.32 Å². The van der Waals surface area contributed by atoms with Gasteiger partial charge in [-0.25, -0.2) is 13.2 Å². The standard InChI is InChI=1S/C24H26N2O7S/c1-4-31-24(28)22-21(19-7-5-6-8-20(19)33-22)25-23(27)17-9-11-18(12-10-17)34(29,30)26-13-15(2)32-16(3)14-26/h5-12,15-16H,4,13-14H2,1-3H3,(H,25,27)/t15-,16-/m1/s1. The number of morpholine rings is 1. The van der Waals surface area contributed by atoms with Gasteiger partial charge in [0.15, 0.2) is 0 Å². The maximum absolute atomic E-state index is 13.0. The zero-order valence-electron chi connectivity index (χ0n) is 19.1. The van der Waals surface area contributed by atoms with Gasteiger partial charge in [-0.05, 0) is 57.2 Å². The summed E-state index contributed by atoms with van der Waals surface area (Å²) >= 11 is 0. The summed E-state index contributed by atoms with van der Waals surface area (Å²) in [5.41, 5.74) is 0.853. The molecule has 2 heterocycles. The maximum Gasteiger partial charge on any atom is 0.376 e. The number of amides is 1. The topological polar surface area (TPSA) is 115 Å². The summed E-state index contributed by atoms with van der Waals surface area (Å²) in [6.07, 6.45) is -0.413. The van der Waals surface area contributed by atoms with E-state index in [-0.39, 0.29) is 53.8 Å². The Bertz CT molecular complexity index is 1300. The zero-order chi connectivity index (χ0) is 24.5. The van der Waals surface area contributed by atoms with Gasteiger partial charge in [-0.3, -0.25) is 4.79 Å². The lowest BCUT2D eigenvalue weighted by Gasteiger charge is -2.34. The lowest BCUT2D eigenvalue weighted by Crippen LogP contribution is -2.48. The molecule has 1 aliphatic rings. The van der Waals surface area contributed by atoms with Gasteiger partial charge in [0.05, 0.1) is 23.7 Å². The number of fused-ring (bicyclic) bond motifs is 1. The number of nitrogens with one attached hydrogen (secondary N) is 1. The molecular weight excluding hydrogens is 460 g/mol. The molecule has 0 radical (unpaired) electrons. The largest absolute Gasteiger partial charge is 0.460 e. The second-order valence-corrected chi connectivity index (χ2v) is 10.0. The minimum atomic E-state index is -3.73. The van der Waals surface area contributed by atoms with E-state index in [1.54, 1.807) is 31.2 Å². The molecule has 1 amide bonds. The summed E-state index contributed by atoms with van der Waals surface area (Å²) < 4.78 is 43.8. The molecule has 9 nitrogen and oxygen atoms in total. The van der Waals surface area contributed by atoms with Gasteiger partial charge >= 0.3 is 5.97 Å². The van der Waals surface area contributed by atoms with Crippen LogP contribution in [0.25, 0.3) is 11.0 Å². The molecule has 2 aromatic carbocycles. The third kappa shape index (κ3) is 4.70. The third-order valence-corrected chi connectivity index (χ3v) is 7.28. The smallest absolute Gasteiger partial charge is 0.376 e. The van der Waals surface area contributed by atoms with Gasteiger partial charge in [-0.2, -0.15) is 4.31 Å².